The third-order valence-corrected chi connectivity index (χ3v) is 4.65. The summed E-state index contributed by atoms with van der Waals surface area (Å²) in [6.07, 6.45) is 0.537. The number of hydrogen-bond donors (Lipinski definition) is 1. The summed E-state index contributed by atoms with van der Waals surface area (Å²) < 4.78 is 5.81. The molecule has 0 saturated heterocycles. The van der Waals surface area contributed by atoms with E-state index in [0.717, 1.165) is 24.3 Å². The number of benzene rings is 2. The standard InChI is InChI=1S/C22H31NO2/c1-5-19(4)23(14-20-11-8-9-17(2)13-20)15-21(24)16-25-22-12-7-6-10-18(22)3/h6-13,19,21,24H,5,14-16H2,1-4H3/t19-,21-/m0/s1. The zero-order valence-electron chi connectivity index (χ0n) is 15.9. The van der Waals surface area contributed by atoms with Gasteiger partial charge in [0.15, 0.2) is 0 Å². The Morgan fingerprint density at radius 1 is 1.08 bits per heavy atom. The normalized spacial score (nSPS) is 13.7. The summed E-state index contributed by atoms with van der Waals surface area (Å²) in [6.45, 7) is 10.3. The van der Waals surface area contributed by atoms with Crippen LogP contribution in [0.25, 0.3) is 0 Å². The van der Waals surface area contributed by atoms with E-state index in [2.05, 4.69) is 49.9 Å². The van der Waals surface area contributed by atoms with Crippen LogP contribution in [0.2, 0.25) is 0 Å². The van der Waals surface area contributed by atoms with Crippen molar-refractivity contribution in [2.24, 2.45) is 0 Å². The summed E-state index contributed by atoms with van der Waals surface area (Å²) >= 11 is 0. The van der Waals surface area contributed by atoms with Crippen LogP contribution in [-0.2, 0) is 6.54 Å². The van der Waals surface area contributed by atoms with Crippen LogP contribution < -0.4 is 4.74 Å². The maximum absolute atomic E-state index is 10.5. The predicted molar refractivity (Wildman–Crippen MR) is 104 cm³/mol. The lowest BCUT2D eigenvalue weighted by Crippen LogP contribution is -2.40. The molecule has 25 heavy (non-hydrogen) atoms. The number of rotatable bonds is 9. The Kier molecular flexibility index (Phi) is 7.48. The van der Waals surface area contributed by atoms with Crippen LogP contribution in [0.15, 0.2) is 48.5 Å². The molecule has 0 aliphatic rings. The number of nitrogens with zero attached hydrogens (tertiary/aromatic N) is 1. The van der Waals surface area contributed by atoms with Crippen molar-refractivity contribution in [1.82, 2.24) is 4.90 Å². The molecule has 1 N–H and O–H groups in total. The van der Waals surface area contributed by atoms with Crippen molar-refractivity contribution in [3.8, 4) is 5.75 Å². The van der Waals surface area contributed by atoms with Crippen molar-refractivity contribution in [2.45, 2.75) is 52.8 Å². The Bertz CT molecular complexity index is 656. The van der Waals surface area contributed by atoms with Crippen molar-refractivity contribution in [3.63, 3.8) is 0 Å². The van der Waals surface area contributed by atoms with Gasteiger partial charge in [-0.25, -0.2) is 0 Å². The average Bonchev–Trinajstić information content (AvgIpc) is 2.60. The zero-order valence-corrected chi connectivity index (χ0v) is 15.9. The first-order valence-electron chi connectivity index (χ1n) is 9.15. The molecule has 0 aliphatic heterocycles. The van der Waals surface area contributed by atoms with E-state index in [4.69, 9.17) is 4.74 Å². The van der Waals surface area contributed by atoms with Crippen molar-refractivity contribution in [3.05, 3.63) is 65.2 Å². The molecule has 3 nitrogen and oxygen atoms in total. The highest BCUT2D eigenvalue weighted by atomic mass is 16.5. The van der Waals surface area contributed by atoms with Gasteiger partial charge in [-0.2, -0.15) is 0 Å². The summed E-state index contributed by atoms with van der Waals surface area (Å²) in [7, 11) is 0. The molecule has 0 unspecified atom stereocenters. The van der Waals surface area contributed by atoms with Gasteiger partial charge in [-0.15, -0.1) is 0 Å². The van der Waals surface area contributed by atoms with Gasteiger partial charge < -0.3 is 9.84 Å². The van der Waals surface area contributed by atoms with E-state index in [9.17, 15) is 5.11 Å². The van der Waals surface area contributed by atoms with Gasteiger partial charge in [0.1, 0.15) is 18.5 Å². The maximum Gasteiger partial charge on any atom is 0.122 e. The number of para-hydroxylation sites is 1. The highest BCUT2D eigenvalue weighted by molar-refractivity contribution is 5.31. The first kappa shape index (κ1) is 19.5. The molecule has 0 saturated carbocycles. The molecule has 136 valence electrons. The molecule has 0 amide bonds. The quantitative estimate of drug-likeness (QED) is 0.736. The monoisotopic (exact) mass is 341 g/mol. The summed E-state index contributed by atoms with van der Waals surface area (Å²) in [4.78, 5) is 2.33. The Hall–Kier alpha value is -1.84. The molecule has 2 aromatic carbocycles. The van der Waals surface area contributed by atoms with Crippen LogP contribution in [0.3, 0.4) is 0 Å². The third kappa shape index (κ3) is 6.18. The molecular formula is C22H31NO2. The van der Waals surface area contributed by atoms with Crippen LogP contribution in [0.5, 0.6) is 5.75 Å². The van der Waals surface area contributed by atoms with Crippen molar-refractivity contribution in [2.75, 3.05) is 13.2 Å². The summed E-state index contributed by atoms with van der Waals surface area (Å²) in [5.74, 6) is 0.843. The highest BCUT2D eigenvalue weighted by Crippen LogP contribution is 2.17. The summed E-state index contributed by atoms with van der Waals surface area (Å²) in [5.41, 5.74) is 3.64. The van der Waals surface area contributed by atoms with E-state index in [1.807, 2.05) is 31.2 Å². The van der Waals surface area contributed by atoms with Crippen molar-refractivity contribution in [1.29, 1.82) is 0 Å². The lowest BCUT2D eigenvalue weighted by Gasteiger charge is -2.30. The van der Waals surface area contributed by atoms with E-state index in [-0.39, 0.29) is 0 Å². The Balaban J connectivity index is 1.95. The third-order valence-electron chi connectivity index (χ3n) is 4.65. The molecule has 2 atom stereocenters. The maximum atomic E-state index is 10.5. The molecule has 0 bridgehead atoms. The molecule has 0 radical (unpaired) electrons. The topological polar surface area (TPSA) is 32.7 Å². The van der Waals surface area contributed by atoms with E-state index in [1.165, 1.54) is 11.1 Å². The van der Waals surface area contributed by atoms with Gasteiger partial charge in [0.25, 0.3) is 0 Å². The fraction of sp³-hybridized carbons (Fsp3) is 0.455. The van der Waals surface area contributed by atoms with Crippen LogP contribution in [0.4, 0.5) is 0 Å². The molecular weight excluding hydrogens is 310 g/mol. The molecule has 0 aliphatic carbocycles. The van der Waals surface area contributed by atoms with Gasteiger partial charge in [-0.3, -0.25) is 4.90 Å². The molecule has 3 heteroatoms. The lowest BCUT2D eigenvalue weighted by molar-refractivity contribution is 0.0504. The van der Waals surface area contributed by atoms with E-state index < -0.39 is 6.10 Å². The number of hydrogen-bond acceptors (Lipinski definition) is 3. The van der Waals surface area contributed by atoms with Gasteiger partial charge in [0.2, 0.25) is 0 Å². The smallest absolute Gasteiger partial charge is 0.122 e. The van der Waals surface area contributed by atoms with E-state index >= 15 is 0 Å². The number of aliphatic hydroxyl groups is 1. The molecule has 0 aromatic heterocycles. The Morgan fingerprint density at radius 3 is 2.52 bits per heavy atom. The number of aliphatic hydroxyl groups excluding tert-OH is 1. The minimum absolute atomic E-state index is 0.311. The predicted octanol–water partition coefficient (Wildman–Crippen LogP) is 4.34. The minimum atomic E-state index is -0.515. The first-order valence-corrected chi connectivity index (χ1v) is 9.15. The fourth-order valence-corrected chi connectivity index (χ4v) is 2.93. The minimum Gasteiger partial charge on any atom is -0.491 e. The zero-order chi connectivity index (χ0) is 18.2. The van der Waals surface area contributed by atoms with Crippen LogP contribution >= 0.6 is 0 Å². The van der Waals surface area contributed by atoms with E-state index in [1.54, 1.807) is 0 Å². The van der Waals surface area contributed by atoms with Crippen molar-refractivity contribution >= 4 is 0 Å². The molecule has 2 aromatic rings. The molecule has 0 spiro atoms. The van der Waals surface area contributed by atoms with Gasteiger partial charge in [0.05, 0.1) is 0 Å². The Morgan fingerprint density at radius 2 is 1.84 bits per heavy atom. The van der Waals surface area contributed by atoms with Crippen LogP contribution in [0.1, 0.15) is 37.0 Å². The fourth-order valence-electron chi connectivity index (χ4n) is 2.93. The van der Waals surface area contributed by atoms with Crippen molar-refractivity contribution < 1.29 is 9.84 Å². The second kappa shape index (κ2) is 9.59. The second-order valence-corrected chi connectivity index (χ2v) is 6.91. The Labute approximate surface area is 152 Å². The van der Waals surface area contributed by atoms with Gasteiger partial charge in [0, 0.05) is 19.1 Å². The molecule has 2 rings (SSSR count). The summed E-state index contributed by atoms with van der Waals surface area (Å²) in [5, 5.41) is 10.5. The summed E-state index contributed by atoms with van der Waals surface area (Å²) in [6, 6.07) is 16.9. The van der Waals surface area contributed by atoms with Gasteiger partial charge in [-0.05, 0) is 44.4 Å². The second-order valence-electron chi connectivity index (χ2n) is 6.91. The van der Waals surface area contributed by atoms with Gasteiger partial charge in [-0.1, -0.05) is 55.0 Å². The van der Waals surface area contributed by atoms with Crippen LogP contribution in [-0.4, -0.2) is 35.3 Å². The largest absolute Gasteiger partial charge is 0.491 e. The van der Waals surface area contributed by atoms with Crippen LogP contribution in [0, 0.1) is 13.8 Å². The average molecular weight is 341 g/mol. The SMILES string of the molecule is CC[C@H](C)N(Cc1cccc(C)c1)C[C@H](O)COc1ccccc1C. The molecule has 0 heterocycles. The number of ether oxygens (including phenoxy) is 1. The van der Waals surface area contributed by atoms with E-state index in [0.29, 0.717) is 19.2 Å². The molecule has 0 fully saturated rings. The first-order chi connectivity index (χ1) is 12.0. The lowest BCUT2D eigenvalue weighted by atomic mass is 10.1. The van der Waals surface area contributed by atoms with Gasteiger partial charge >= 0.3 is 0 Å². The highest BCUT2D eigenvalue weighted by Gasteiger charge is 2.18. The number of aryl methyl sites for hydroxylation is 2.